The first-order valence-electron chi connectivity index (χ1n) is 11.8. The van der Waals surface area contributed by atoms with Gasteiger partial charge in [0.25, 0.3) is 11.8 Å². The molecule has 1 aliphatic rings. The van der Waals surface area contributed by atoms with Gasteiger partial charge in [0.2, 0.25) is 5.91 Å². The first-order chi connectivity index (χ1) is 17.0. The molecule has 35 heavy (non-hydrogen) atoms. The summed E-state index contributed by atoms with van der Waals surface area (Å²) in [6.45, 7) is 1.65. The fourth-order valence-corrected chi connectivity index (χ4v) is 4.44. The number of benzene rings is 3. The van der Waals surface area contributed by atoms with Crippen molar-refractivity contribution in [1.82, 2.24) is 10.2 Å². The van der Waals surface area contributed by atoms with Gasteiger partial charge in [0.05, 0.1) is 10.6 Å². The number of hydrogen-bond donors (Lipinski definition) is 2. The molecule has 0 radical (unpaired) electrons. The number of rotatable bonds is 7. The lowest BCUT2D eigenvalue weighted by atomic mass is 9.95. The number of piperidine rings is 1. The van der Waals surface area contributed by atoms with Gasteiger partial charge in [-0.15, -0.1) is 0 Å². The summed E-state index contributed by atoms with van der Waals surface area (Å²) in [7, 11) is 0. The zero-order chi connectivity index (χ0) is 24.6. The van der Waals surface area contributed by atoms with Crippen molar-refractivity contribution in [3.8, 4) is 0 Å². The van der Waals surface area contributed by atoms with E-state index in [-0.39, 0.29) is 23.6 Å². The molecule has 2 N–H and O–H groups in total. The van der Waals surface area contributed by atoms with Crippen LogP contribution in [0.4, 0.5) is 5.69 Å². The van der Waals surface area contributed by atoms with Crippen molar-refractivity contribution in [1.29, 1.82) is 0 Å². The number of anilines is 1. The molecule has 1 aliphatic heterocycles. The van der Waals surface area contributed by atoms with E-state index < -0.39 is 0 Å². The van der Waals surface area contributed by atoms with Gasteiger partial charge in [-0.1, -0.05) is 60.1 Å². The molecular weight excluding hydrogens is 462 g/mol. The maximum absolute atomic E-state index is 13.1. The van der Waals surface area contributed by atoms with Crippen LogP contribution in [0.25, 0.3) is 0 Å². The van der Waals surface area contributed by atoms with Crippen LogP contribution in [0.2, 0.25) is 5.02 Å². The Kier molecular flexibility index (Phi) is 8.16. The summed E-state index contributed by atoms with van der Waals surface area (Å²) in [5.41, 5.74) is 2.58. The summed E-state index contributed by atoms with van der Waals surface area (Å²) in [6, 6.07) is 23.7. The van der Waals surface area contributed by atoms with E-state index >= 15 is 0 Å². The Balaban J connectivity index is 1.28. The van der Waals surface area contributed by atoms with Crippen LogP contribution in [0, 0.1) is 5.92 Å². The molecule has 4 rings (SSSR count). The van der Waals surface area contributed by atoms with Gasteiger partial charge in [-0.25, -0.2) is 0 Å². The Morgan fingerprint density at radius 2 is 1.60 bits per heavy atom. The minimum absolute atomic E-state index is 0.0531. The van der Waals surface area contributed by atoms with Gasteiger partial charge in [0, 0.05) is 36.8 Å². The first-order valence-corrected chi connectivity index (χ1v) is 12.2. The number of halogens is 1. The molecule has 3 aromatic carbocycles. The molecule has 180 valence electrons. The van der Waals surface area contributed by atoms with Crippen LogP contribution in [-0.2, 0) is 11.2 Å². The number of hydrogen-bond acceptors (Lipinski definition) is 3. The molecule has 0 aromatic heterocycles. The molecule has 1 heterocycles. The van der Waals surface area contributed by atoms with Gasteiger partial charge in [-0.2, -0.15) is 0 Å². The van der Waals surface area contributed by atoms with E-state index in [0.717, 1.165) is 6.42 Å². The predicted molar refractivity (Wildman–Crippen MR) is 138 cm³/mol. The van der Waals surface area contributed by atoms with Crippen LogP contribution in [-0.4, -0.2) is 42.3 Å². The second-order valence-corrected chi connectivity index (χ2v) is 9.02. The lowest BCUT2D eigenvalue weighted by molar-refractivity contribution is -0.126. The van der Waals surface area contributed by atoms with E-state index in [2.05, 4.69) is 10.6 Å². The average Bonchev–Trinajstić information content (AvgIpc) is 2.89. The molecule has 0 saturated carbocycles. The number of carbonyl (C=O) groups is 3. The molecular formula is C28H28ClN3O3. The van der Waals surface area contributed by atoms with Crippen molar-refractivity contribution < 1.29 is 14.4 Å². The highest BCUT2D eigenvalue weighted by Crippen LogP contribution is 2.22. The number of carbonyl (C=O) groups excluding carboxylic acids is 3. The molecule has 1 saturated heterocycles. The molecule has 0 spiro atoms. The highest BCUT2D eigenvalue weighted by molar-refractivity contribution is 6.34. The van der Waals surface area contributed by atoms with E-state index in [9.17, 15) is 14.4 Å². The first kappa shape index (κ1) is 24.5. The summed E-state index contributed by atoms with van der Waals surface area (Å²) >= 11 is 6.11. The van der Waals surface area contributed by atoms with E-state index in [1.807, 2.05) is 30.3 Å². The Morgan fingerprint density at radius 1 is 0.886 bits per heavy atom. The van der Waals surface area contributed by atoms with Crippen LogP contribution in [0.1, 0.15) is 39.1 Å². The summed E-state index contributed by atoms with van der Waals surface area (Å²) in [6.07, 6.45) is 2.06. The Hall–Kier alpha value is -3.64. The lowest BCUT2D eigenvalue weighted by Gasteiger charge is -2.31. The van der Waals surface area contributed by atoms with Crippen molar-refractivity contribution in [3.63, 3.8) is 0 Å². The summed E-state index contributed by atoms with van der Waals surface area (Å²) in [4.78, 5) is 39.9. The fourth-order valence-electron chi connectivity index (χ4n) is 4.22. The second-order valence-electron chi connectivity index (χ2n) is 8.61. The van der Waals surface area contributed by atoms with Gasteiger partial charge in [0.1, 0.15) is 0 Å². The molecule has 3 aromatic rings. The van der Waals surface area contributed by atoms with E-state index in [1.165, 1.54) is 5.56 Å². The minimum Gasteiger partial charge on any atom is -0.356 e. The topological polar surface area (TPSA) is 78.5 Å². The smallest absolute Gasteiger partial charge is 0.257 e. The molecule has 3 amide bonds. The van der Waals surface area contributed by atoms with E-state index in [4.69, 9.17) is 11.6 Å². The standard InChI is InChI=1S/C28H28ClN3O3/c29-25-12-5-4-11-24(25)27(34)31-23-10-6-9-22(19-23)28(35)32-17-14-21(15-18-32)26(33)30-16-13-20-7-2-1-3-8-20/h1-12,19,21H,13-18H2,(H,30,33)(H,31,34). The quantitative estimate of drug-likeness (QED) is 0.500. The third-order valence-corrected chi connectivity index (χ3v) is 6.52. The zero-order valence-corrected chi connectivity index (χ0v) is 20.1. The lowest BCUT2D eigenvalue weighted by Crippen LogP contribution is -2.43. The molecule has 7 heteroatoms. The van der Waals surface area contributed by atoms with Crippen LogP contribution in [0.15, 0.2) is 78.9 Å². The Labute approximate surface area is 210 Å². The fraction of sp³-hybridized carbons (Fsp3) is 0.250. The van der Waals surface area contributed by atoms with Crippen molar-refractivity contribution in [2.75, 3.05) is 25.0 Å². The van der Waals surface area contributed by atoms with Gasteiger partial charge >= 0.3 is 0 Å². The maximum atomic E-state index is 13.1. The van der Waals surface area contributed by atoms with Gasteiger partial charge in [-0.3, -0.25) is 14.4 Å². The van der Waals surface area contributed by atoms with Crippen LogP contribution in [0.3, 0.4) is 0 Å². The van der Waals surface area contributed by atoms with Crippen LogP contribution < -0.4 is 10.6 Å². The molecule has 0 aliphatic carbocycles. The molecule has 0 unspecified atom stereocenters. The third-order valence-electron chi connectivity index (χ3n) is 6.19. The number of nitrogens with one attached hydrogen (secondary N) is 2. The van der Waals surface area contributed by atoms with Crippen molar-refractivity contribution in [2.24, 2.45) is 5.92 Å². The van der Waals surface area contributed by atoms with Crippen LogP contribution >= 0.6 is 11.6 Å². The highest BCUT2D eigenvalue weighted by Gasteiger charge is 2.27. The number of likely N-dealkylation sites (tertiary alicyclic amines) is 1. The average molecular weight is 490 g/mol. The second kappa shape index (κ2) is 11.7. The summed E-state index contributed by atoms with van der Waals surface area (Å²) in [5.74, 6) is -0.477. The number of amides is 3. The van der Waals surface area contributed by atoms with Gasteiger partial charge in [-0.05, 0) is 55.2 Å². The monoisotopic (exact) mass is 489 g/mol. The molecule has 0 atom stereocenters. The Bertz CT molecular complexity index is 1190. The van der Waals surface area contributed by atoms with Crippen molar-refractivity contribution in [3.05, 3.63) is 101 Å². The summed E-state index contributed by atoms with van der Waals surface area (Å²) in [5, 5.41) is 6.20. The predicted octanol–water partition coefficient (Wildman–Crippen LogP) is 4.80. The van der Waals surface area contributed by atoms with E-state index in [1.54, 1.807) is 53.4 Å². The SMILES string of the molecule is O=C(Nc1cccc(C(=O)N2CCC(C(=O)NCCc3ccccc3)CC2)c1)c1ccccc1Cl. The summed E-state index contributed by atoms with van der Waals surface area (Å²) < 4.78 is 0. The molecule has 1 fully saturated rings. The van der Waals surface area contributed by atoms with Gasteiger partial charge in [0.15, 0.2) is 0 Å². The molecule has 0 bridgehead atoms. The van der Waals surface area contributed by atoms with Crippen LogP contribution in [0.5, 0.6) is 0 Å². The minimum atomic E-state index is -0.334. The third kappa shape index (κ3) is 6.49. The molecule has 6 nitrogen and oxygen atoms in total. The van der Waals surface area contributed by atoms with Gasteiger partial charge < -0.3 is 15.5 Å². The maximum Gasteiger partial charge on any atom is 0.257 e. The van der Waals surface area contributed by atoms with Crippen molar-refractivity contribution in [2.45, 2.75) is 19.3 Å². The highest BCUT2D eigenvalue weighted by atomic mass is 35.5. The normalized spacial score (nSPS) is 13.8. The van der Waals surface area contributed by atoms with Crippen molar-refractivity contribution >= 4 is 35.0 Å². The Morgan fingerprint density at radius 3 is 2.34 bits per heavy atom. The van der Waals surface area contributed by atoms with E-state index in [0.29, 0.717) is 54.3 Å². The zero-order valence-electron chi connectivity index (χ0n) is 19.4. The largest absolute Gasteiger partial charge is 0.356 e. The number of nitrogens with zero attached hydrogens (tertiary/aromatic N) is 1.